The van der Waals surface area contributed by atoms with Crippen molar-refractivity contribution in [3.05, 3.63) is 62.4 Å². The molecule has 1 heterocycles. The Hall–Kier alpha value is -1.79. The molecule has 8 heteroatoms. The number of anilines is 2. The molecule has 0 spiro atoms. The Labute approximate surface area is 163 Å². The topological polar surface area (TPSA) is 62.2 Å². The normalized spacial score (nSPS) is 10.7. The van der Waals surface area contributed by atoms with Crippen LogP contribution in [0.2, 0.25) is 15.1 Å². The van der Waals surface area contributed by atoms with Crippen LogP contribution in [-0.2, 0) is 11.2 Å². The summed E-state index contributed by atoms with van der Waals surface area (Å²) in [5.74, 6) is -0.920. The van der Waals surface area contributed by atoms with Gasteiger partial charge in [-0.3, -0.25) is 4.79 Å². The van der Waals surface area contributed by atoms with E-state index in [1.807, 2.05) is 12.1 Å². The van der Waals surface area contributed by atoms with Gasteiger partial charge in [-0.05, 0) is 30.3 Å². The van der Waals surface area contributed by atoms with Gasteiger partial charge in [0.05, 0.1) is 12.1 Å². The molecule has 3 aromatic rings. The van der Waals surface area contributed by atoms with Gasteiger partial charge in [-0.1, -0.05) is 46.9 Å². The molecule has 128 valence electrons. The summed E-state index contributed by atoms with van der Waals surface area (Å²) in [5.41, 5.74) is 2.09. The van der Waals surface area contributed by atoms with E-state index in [0.717, 1.165) is 5.56 Å². The van der Waals surface area contributed by atoms with Crippen LogP contribution in [0.3, 0.4) is 0 Å². The second-order valence-electron chi connectivity index (χ2n) is 5.15. The predicted octanol–water partition coefficient (Wildman–Crippen LogP) is 6.14. The van der Waals surface area contributed by atoms with Crippen molar-refractivity contribution >= 4 is 62.9 Å². The average Bonchev–Trinajstić information content (AvgIpc) is 2.88. The highest BCUT2D eigenvalue weighted by Crippen LogP contribution is 2.34. The van der Waals surface area contributed by atoms with E-state index >= 15 is 0 Å². The first-order valence-electron chi connectivity index (χ1n) is 7.11. The maximum atomic E-state index is 11.2. The minimum Gasteiger partial charge on any atom is -0.481 e. The predicted molar refractivity (Wildman–Crippen MR) is 104 cm³/mol. The van der Waals surface area contributed by atoms with E-state index in [1.54, 1.807) is 30.3 Å². The number of carboxylic acid groups (broad SMARTS) is 1. The molecule has 0 amide bonds. The van der Waals surface area contributed by atoms with Crippen LogP contribution in [0.4, 0.5) is 10.8 Å². The molecule has 0 radical (unpaired) electrons. The number of hydrogen-bond acceptors (Lipinski definition) is 4. The van der Waals surface area contributed by atoms with E-state index in [9.17, 15) is 4.79 Å². The summed E-state index contributed by atoms with van der Waals surface area (Å²) < 4.78 is 0. The number of carbonyl (C=O) groups is 1. The smallest absolute Gasteiger partial charge is 0.308 e. The van der Waals surface area contributed by atoms with Crippen molar-refractivity contribution in [2.45, 2.75) is 6.42 Å². The third-order valence-electron chi connectivity index (χ3n) is 3.24. The maximum Gasteiger partial charge on any atom is 0.308 e. The summed E-state index contributed by atoms with van der Waals surface area (Å²) in [5, 5.41) is 14.4. The minimum absolute atomic E-state index is 0.117. The van der Waals surface area contributed by atoms with Gasteiger partial charge in [0.25, 0.3) is 0 Å². The highest BCUT2D eigenvalue weighted by molar-refractivity contribution is 7.16. The third kappa shape index (κ3) is 4.64. The summed E-state index contributed by atoms with van der Waals surface area (Å²) in [7, 11) is 0. The largest absolute Gasteiger partial charge is 0.481 e. The van der Waals surface area contributed by atoms with Crippen molar-refractivity contribution in [2.75, 3.05) is 5.32 Å². The zero-order valence-corrected chi connectivity index (χ0v) is 15.7. The van der Waals surface area contributed by atoms with Crippen LogP contribution in [0.1, 0.15) is 4.88 Å². The molecule has 0 aliphatic rings. The van der Waals surface area contributed by atoms with Crippen molar-refractivity contribution in [3.8, 4) is 11.3 Å². The Morgan fingerprint density at radius 1 is 1.04 bits per heavy atom. The third-order valence-corrected chi connectivity index (χ3v) is 4.90. The first kappa shape index (κ1) is 18.0. The first-order valence-corrected chi connectivity index (χ1v) is 9.06. The van der Waals surface area contributed by atoms with Crippen LogP contribution in [-0.4, -0.2) is 16.1 Å². The summed E-state index contributed by atoms with van der Waals surface area (Å²) >= 11 is 19.2. The van der Waals surface area contributed by atoms with Crippen LogP contribution in [0.15, 0.2) is 42.5 Å². The molecule has 2 N–H and O–H groups in total. The van der Waals surface area contributed by atoms with Gasteiger partial charge in [0.1, 0.15) is 0 Å². The second kappa shape index (κ2) is 7.62. The van der Waals surface area contributed by atoms with Crippen LogP contribution < -0.4 is 5.32 Å². The molecule has 0 saturated heterocycles. The van der Waals surface area contributed by atoms with Crippen LogP contribution >= 0.6 is 46.1 Å². The van der Waals surface area contributed by atoms with Gasteiger partial charge in [-0.25, -0.2) is 4.98 Å². The summed E-state index contributed by atoms with van der Waals surface area (Å²) in [6.07, 6.45) is -0.117. The lowest BCUT2D eigenvalue weighted by Gasteiger charge is -2.03. The number of halogens is 3. The van der Waals surface area contributed by atoms with E-state index in [4.69, 9.17) is 39.9 Å². The maximum absolute atomic E-state index is 11.2. The average molecular weight is 414 g/mol. The molecule has 0 unspecified atom stereocenters. The van der Waals surface area contributed by atoms with Crippen molar-refractivity contribution in [1.82, 2.24) is 4.98 Å². The standard InChI is InChI=1S/C17H11Cl3N2O2S/c18-10-3-1-9(2-4-10)16-14(8-15(23)24)25-17(22-16)21-13-6-11(19)5-12(20)7-13/h1-7H,8H2,(H,21,22)(H,23,24). The molecule has 25 heavy (non-hydrogen) atoms. The molecule has 0 aliphatic carbocycles. The van der Waals surface area contributed by atoms with Gasteiger partial charge in [-0.15, -0.1) is 11.3 Å². The molecule has 3 rings (SSSR count). The number of aromatic nitrogens is 1. The Morgan fingerprint density at radius 3 is 2.28 bits per heavy atom. The molecular weight excluding hydrogens is 403 g/mol. The van der Waals surface area contributed by atoms with E-state index in [2.05, 4.69) is 10.3 Å². The summed E-state index contributed by atoms with van der Waals surface area (Å²) in [4.78, 5) is 16.3. The van der Waals surface area contributed by atoms with E-state index in [1.165, 1.54) is 11.3 Å². The van der Waals surface area contributed by atoms with Gasteiger partial charge in [0.2, 0.25) is 0 Å². The number of nitrogens with one attached hydrogen (secondary N) is 1. The highest BCUT2D eigenvalue weighted by atomic mass is 35.5. The molecule has 0 atom stereocenters. The van der Waals surface area contributed by atoms with Gasteiger partial charge < -0.3 is 10.4 Å². The quantitative estimate of drug-likeness (QED) is 0.527. The van der Waals surface area contributed by atoms with Gasteiger partial charge >= 0.3 is 5.97 Å². The first-order chi connectivity index (χ1) is 11.9. The Morgan fingerprint density at radius 2 is 1.68 bits per heavy atom. The van der Waals surface area contributed by atoms with Crippen molar-refractivity contribution in [3.63, 3.8) is 0 Å². The minimum atomic E-state index is -0.920. The fourth-order valence-corrected chi connectivity index (χ4v) is 3.89. The lowest BCUT2D eigenvalue weighted by molar-refractivity contribution is -0.136. The number of rotatable bonds is 5. The highest BCUT2D eigenvalue weighted by Gasteiger charge is 2.16. The lowest BCUT2D eigenvalue weighted by atomic mass is 10.1. The SMILES string of the molecule is O=C(O)Cc1sc(Nc2cc(Cl)cc(Cl)c2)nc1-c1ccc(Cl)cc1. The van der Waals surface area contributed by atoms with Crippen LogP contribution in [0.5, 0.6) is 0 Å². The van der Waals surface area contributed by atoms with Gasteiger partial charge in [-0.2, -0.15) is 0 Å². The number of aliphatic carboxylic acids is 1. The zero-order valence-electron chi connectivity index (χ0n) is 12.6. The van der Waals surface area contributed by atoms with Crippen LogP contribution in [0.25, 0.3) is 11.3 Å². The fourth-order valence-electron chi connectivity index (χ4n) is 2.25. The molecule has 2 aromatic carbocycles. The zero-order chi connectivity index (χ0) is 18.0. The molecule has 0 fully saturated rings. The Kier molecular flexibility index (Phi) is 5.49. The van der Waals surface area contributed by atoms with E-state index in [0.29, 0.717) is 36.5 Å². The number of carboxylic acids is 1. The Balaban J connectivity index is 1.97. The Bertz CT molecular complexity index is 906. The summed E-state index contributed by atoms with van der Waals surface area (Å²) in [6.45, 7) is 0. The van der Waals surface area contributed by atoms with Gasteiger partial charge in [0, 0.05) is 31.2 Å². The molecule has 0 aliphatic heterocycles. The number of hydrogen-bond donors (Lipinski definition) is 2. The number of thiazole rings is 1. The van der Waals surface area contributed by atoms with Gasteiger partial charge in [0.15, 0.2) is 5.13 Å². The molecular formula is C17H11Cl3N2O2S. The number of nitrogens with zero attached hydrogens (tertiary/aromatic N) is 1. The molecule has 1 aromatic heterocycles. The lowest BCUT2D eigenvalue weighted by Crippen LogP contribution is -1.99. The van der Waals surface area contributed by atoms with Crippen LogP contribution in [0, 0.1) is 0 Å². The van der Waals surface area contributed by atoms with E-state index in [-0.39, 0.29) is 6.42 Å². The molecule has 4 nitrogen and oxygen atoms in total. The molecule has 0 saturated carbocycles. The fraction of sp³-hybridized carbons (Fsp3) is 0.0588. The number of benzene rings is 2. The van der Waals surface area contributed by atoms with Crippen molar-refractivity contribution in [2.24, 2.45) is 0 Å². The van der Waals surface area contributed by atoms with Crippen molar-refractivity contribution in [1.29, 1.82) is 0 Å². The second-order valence-corrected chi connectivity index (χ2v) is 7.54. The summed E-state index contributed by atoms with van der Waals surface area (Å²) in [6, 6.07) is 12.2. The van der Waals surface area contributed by atoms with E-state index < -0.39 is 5.97 Å². The van der Waals surface area contributed by atoms with Crippen molar-refractivity contribution < 1.29 is 9.90 Å². The molecule has 0 bridgehead atoms. The monoisotopic (exact) mass is 412 g/mol.